The number of rotatable bonds is 3. The van der Waals surface area contributed by atoms with Gasteiger partial charge in [0.1, 0.15) is 0 Å². The predicted molar refractivity (Wildman–Crippen MR) is 75.4 cm³/mol. The molecule has 1 aliphatic heterocycles. The molecule has 1 heterocycles. The van der Waals surface area contributed by atoms with Gasteiger partial charge in [0, 0.05) is 25.2 Å². The Morgan fingerprint density at radius 3 is 2.44 bits per heavy atom. The van der Waals surface area contributed by atoms with Crippen LogP contribution in [0.2, 0.25) is 0 Å². The SMILES string of the molecule is CCNC1CCCCC1N1Cc2ccccc2C1. The number of hydrogen-bond acceptors (Lipinski definition) is 2. The van der Waals surface area contributed by atoms with E-state index in [9.17, 15) is 0 Å². The Kier molecular flexibility index (Phi) is 3.67. The number of nitrogens with one attached hydrogen (secondary N) is 1. The number of hydrogen-bond donors (Lipinski definition) is 1. The quantitative estimate of drug-likeness (QED) is 0.879. The number of likely N-dealkylation sites (N-methyl/N-ethyl adjacent to an activating group) is 1. The van der Waals surface area contributed by atoms with E-state index in [1.54, 1.807) is 11.1 Å². The van der Waals surface area contributed by atoms with Gasteiger partial charge in [0.25, 0.3) is 0 Å². The molecule has 2 nitrogen and oxygen atoms in total. The van der Waals surface area contributed by atoms with Gasteiger partial charge < -0.3 is 5.32 Å². The Morgan fingerprint density at radius 2 is 1.78 bits per heavy atom. The first-order chi connectivity index (χ1) is 8.88. The first-order valence-corrected chi connectivity index (χ1v) is 7.42. The van der Waals surface area contributed by atoms with Gasteiger partial charge in [0.15, 0.2) is 0 Å². The predicted octanol–water partition coefficient (Wildman–Crippen LogP) is 2.92. The van der Waals surface area contributed by atoms with E-state index in [2.05, 4.69) is 41.4 Å². The molecule has 2 aliphatic rings. The van der Waals surface area contributed by atoms with E-state index in [1.165, 1.54) is 25.7 Å². The van der Waals surface area contributed by atoms with Crippen LogP contribution in [-0.2, 0) is 13.1 Å². The molecule has 0 bridgehead atoms. The summed E-state index contributed by atoms with van der Waals surface area (Å²) < 4.78 is 0. The summed E-state index contributed by atoms with van der Waals surface area (Å²) >= 11 is 0. The molecule has 0 spiro atoms. The van der Waals surface area contributed by atoms with Crippen LogP contribution in [0.4, 0.5) is 0 Å². The van der Waals surface area contributed by atoms with Gasteiger partial charge in [0.05, 0.1) is 0 Å². The van der Waals surface area contributed by atoms with E-state index in [1.807, 2.05) is 0 Å². The monoisotopic (exact) mass is 244 g/mol. The van der Waals surface area contributed by atoms with Gasteiger partial charge in [-0.05, 0) is 30.5 Å². The second-order valence-corrected chi connectivity index (χ2v) is 5.69. The Labute approximate surface area is 110 Å². The summed E-state index contributed by atoms with van der Waals surface area (Å²) in [6.07, 6.45) is 5.52. The summed E-state index contributed by atoms with van der Waals surface area (Å²) in [5.41, 5.74) is 3.08. The number of benzene rings is 1. The van der Waals surface area contributed by atoms with Gasteiger partial charge in [-0.15, -0.1) is 0 Å². The number of nitrogens with zero attached hydrogens (tertiary/aromatic N) is 1. The van der Waals surface area contributed by atoms with Gasteiger partial charge in [-0.25, -0.2) is 0 Å². The molecule has 2 atom stereocenters. The van der Waals surface area contributed by atoms with Gasteiger partial charge >= 0.3 is 0 Å². The van der Waals surface area contributed by atoms with Gasteiger partial charge in [-0.1, -0.05) is 44.0 Å². The number of fused-ring (bicyclic) bond motifs is 1. The van der Waals surface area contributed by atoms with Crippen LogP contribution in [0.1, 0.15) is 43.7 Å². The third-order valence-electron chi connectivity index (χ3n) is 4.53. The van der Waals surface area contributed by atoms with Crippen LogP contribution in [0.25, 0.3) is 0 Å². The van der Waals surface area contributed by atoms with E-state index in [0.717, 1.165) is 25.7 Å². The molecule has 0 radical (unpaired) electrons. The van der Waals surface area contributed by atoms with Crippen molar-refractivity contribution in [3.8, 4) is 0 Å². The highest BCUT2D eigenvalue weighted by atomic mass is 15.2. The molecule has 1 N–H and O–H groups in total. The minimum atomic E-state index is 0.707. The summed E-state index contributed by atoms with van der Waals surface area (Å²) in [5.74, 6) is 0. The topological polar surface area (TPSA) is 15.3 Å². The van der Waals surface area contributed by atoms with E-state index < -0.39 is 0 Å². The van der Waals surface area contributed by atoms with Crippen molar-refractivity contribution in [1.82, 2.24) is 10.2 Å². The fraction of sp³-hybridized carbons (Fsp3) is 0.625. The highest BCUT2D eigenvalue weighted by molar-refractivity contribution is 5.30. The molecule has 1 aliphatic carbocycles. The molecule has 18 heavy (non-hydrogen) atoms. The van der Waals surface area contributed by atoms with Crippen LogP contribution in [0, 0.1) is 0 Å². The summed E-state index contributed by atoms with van der Waals surface area (Å²) in [5, 5.41) is 3.70. The molecule has 0 aromatic heterocycles. The molecule has 2 heteroatoms. The molecular formula is C16H24N2. The fourth-order valence-corrected chi connectivity index (χ4v) is 3.64. The largest absolute Gasteiger partial charge is 0.313 e. The van der Waals surface area contributed by atoms with Crippen molar-refractivity contribution in [2.75, 3.05) is 6.54 Å². The van der Waals surface area contributed by atoms with Crippen LogP contribution >= 0.6 is 0 Å². The summed E-state index contributed by atoms with van der Waals surface area (Å²) in [6.45, 7) is 5.64. The zero-order valence-corrected chi connectivity index (χ0v) is 11.4. The van der Waals surface area contributed by atoms with E-state index in [-0.39, 0.29) is 0 Å². The van der Waals surface area contributed by atoms with Gasteiger partial charge in [-0.3, -0.25) is 4.90 Å². The molecular weight excluding hydrogens is 220 g/mol. The Morgan fingerprint density at radius 1 is 1.11 bits per heavy atom. The zero-order valence-electron chi connectivity index (χ0n) is 11.4. The van der Waals surface area contributed by atoms with Crippen LogP contribution in [0.5, 0.6) is 0 Å². The molecule has 0 saturated heterocycles. The van der Waals surface area contributed by atoms with Crippen molar-refractivity contribution in [3.63, 3.8) is 0 Å². The minimum absolute atomic E-state index is 0.707. The molecule has 98 valence electrons. The third-order valence-corrected chi connectivity index (χ3v) is 4.53. The van der Waals surface area contributed by atoms with Gasteiger partial charge in [-0.2, -0.15) is 0 Å². The van der Waals surface area contributed by atoms with Crippen molar-refractivity contribution in [1.29, 1.82) is 0 Å². The lowest BCUT2D eigenvalue weighted by Gasteiger charge is -2.38. The maximum absolute atomic E-state index is 3.70. The molecule has 1 aromatic carbocycles. The Bertz CT molecular complexity index is 375. The van der Waals surface area contributed by atoms with E-state index in [0.29, 0.717) is 6.04 Å². The lowest BCUT2D eigenvalue weighted by molar-refractivity contribution is 0.121. The highest BCUT2D eigenvalue weighted by Gasteiger charge is 2.32. The lowest BCUT2D eigenvalue weighted by Crippen LogP contribution is -2.50. The maximum Gasteiger partial charge on any atom is 0.0256 e. The molecule has 3 rings (SSSR count). The van der Waals surface area contributed by atoms with E-state index >= 15 is 0 Å². The van der Waals surface area contributed by atoms with Crippen molar-refractivity contribution in [2.45, 2.75) is 57.8 Å². The summed E-state index contributed by atoms with van der Waals surface area (Å²) in [6, 6.07) is 10.4. The smallest absolute Gasteiger partial charge is 0.0256 e. The molecule has 1 fully saturated rings. The van der Waals surface area contributed by atoms with Crippen LogP contribution in [0.15, 0.2) is 24.3 Å². The zero-order chi connectivity index (χ0) is 12.4. The Hall–Kier alpha value is -0.860. The van der Waals surface area contributed by atoms with Crippen molar-refractivity contribution in [3.05, 3.63) is 35.4 Å². The Balaban J connectivity index is 1.72. The summed E-state index contributed by atoms with van der Waals surface area (Å²) in [7, 11) is 0. The fourth-order valence-electron chi connectivity index (χ4n) is 3.64. The molecule has 2 unspecified atom stereocenters. The second-order valence-electron chi connectivity index (χ2n) is 5.69. The average Bonchev–Trinajstić information content (AvgIpc) is 2.83. The lowest BCUT2D eigenvalue weighted by atomic mass is 9.89. The van der Waals surface area contributed by atoms with E-state index in [4.69, 9.17) is 0 Å². The van der Waals surface area contributed by atoms with Gasteiger partial charge in [0.2, 0.25) is 0 Å². The summed E-state index contributed by atoms with van der Waals surface area (Å²) in [4.78, 5) is 2.69. The average molecular weight is 244 g/mol. The van der Waals surface area contributed by atoms with Crippen LogP contribution < -0.4 is 5.32 Å². The minimum Gasteiger partial charge on any atom is -0.313 e. The molecule has 0 amide bonds. The van der Waals surface area contributed by atoms with Crippen LogP contribution in [-0.4, -0.2) is 23.5 Å². The standard InChI is InChI=1S/C16H24N2/c1-2-17-15-9-5-6-10-16(15)18-11-13-7-3-4-8-14(13)12-18/h3-4,7-8,15-17H,2,5-6,9-12H2,1H3. The molecule has 1 saturated carbocycles. The maximum atomic E-state index is 3.70. The first-order valence-electron chi connectivity index (χ1n) is 7.42. The first kappa shape index (κ1) is 12.2. The highest BCUT2D eigenvalue weighted by Crippen LogP contribution is 2.30. The van der Waals surface area contributed by atoms with Crippen molar-refractivity contribution < 1.29 is 0 Å². The van der Waals surface area contributed by atoms with Crippen LogP contribution in [0.3, 0.4) is 0 Å². The van der Waals surface area contributed by atoms with Crippen molar-refractivity contribution >= 4 is 0 Å². The normalized spacial score (nSPS) is 28.3. The molecule has 1 aromatic rings. The van der Waals surface area contributed by atoms with Crippen molar-refractivity contribution in [2.24, 2.45) is 0 Å². The second kappa shape index (κ2) is 5.41. The third kappa shape index (κ3) is 2.32.